The van der Waals surface area contributed by atoms with Gasteiger partial charge >= 0.3 is 5.97 Å². The number of ether oxygens (including phenoxy) is 1. The van der Waals surface area contributed by atoms with Gasteiger partial charge in [0.1, 0.15) is 0 Å². The Bertz CT molecular complexity index is 653. The zero-order valence-electron chi connectivity index (χ0n) is 12.6. The van der Waals surface area contributed by atoms with Gasteiger partial charge in [-0.25, -0.2) is 4.79 Å². The third kappa shape index (κ3) is 2.99. The maximum Gasteiger partial charge on any atom is 0.340 e. The van der Waals surface area contributed by atoms with E-state index in [0.29, 0.717) is 23.5 Å². The molecule has 0 radical (unpaired) electrons. The molecular weight excluding hydrogens is 264 g/mol. The average molecular weight is 284 g/mol. The van der Waals surface area contributed by atoms with Crippen molar-refractivity contribution in [3.8, 4) is 0 Å². The van der Waals surface area contributed by atoms with Crippen molar-refractivity contribution in [2.24, 2.45) is 0 Å². The van der Waals surface area contributed by atoms with Crippen molar-refractivity contribution in [3.05, 3.63) is 53.6 Å². The summed E-state index contributed by atoms with van der Waals surface area (Å²) in [6, 6.07) is 13.4. The molecule has 2 N–H and O–H groups in total. The van der Waals surface area contributed by atoms with Crippen molar-refractivity contribution in [3.63, 3.8) is 0 Å². The zero-order valence-corrected chi connectivity index (χ0v) is 12.6. The monoisotopic (exact) mass is 284 g/mol. The van der Waals surface area contributed by atoms with E-state index < -0.39 is 0 Å². The molecule has 0 aliphatic heterocycles. The number of methoxy groups -OCH3 is 1. The number of nitrogens with zero attached hydrogens (tertiary/aromatic N) is 1. The number of hydrogen-bond donors (Lipinski definition) is 1. The fraction of sp³-hybridized carbons (Fsp3) is 0.235. The highest BCUT2D eigenvalue weighted by molar-refractivity contribution is 6.00. The number of nitrogens with two attached hydrogens (primary N) is 1. The van der Waals surface area contributed by atoms with Gasteiger partial charge in [-0.15, -0.1) is 0 Å². The standard InChI is InChI=1S/C17H20N2O2/c1-4-19(13-8-5-7-12(2)11-13)16-14(17(20)21-3)9-6-10-15(16)18/h5-11H,4,18H2,1-3H3. The molecule has 2 rings (SSSR count). The fourth-order valence-electron chi connectivity index (χ4n) is 2.40. The fourth-order valence-corrected chi connectivity index (χ4v) is 2.40. The topological polar surface area (TPSA) is 55.6 Å². The maximum atomic E-state index is 12.0. The predicted molar refractivity (Wildman–Crippen MR) is 86.1 cm³/mol. The second kappa shape index (κ2) is 6.31. The van der Waals surface area contributed by atoms with E-state index in [9.17, 15) is 4.79 Å². The summed E-state index contributed by atoms with van der Waals surface area (Å²) in [7, 11) is 1.37. The number of anilines is 3. The number of hydrogen-bond acceptors (Lipinski definition) is 4. The Kier molecular flexibility index (Phi) is 4.48. The van der Waals surface area contributed by atoms with Gasteiger partial charge in [0.25, 0.3) is 0 Å². The lowest BCUT2D eigenvalue weighted by Gasteiger charge is -2.27. The lowest BCUT2D eigenvalue weighted by atomic mass is 10.1. The van der Waals surface area contributed by atoms with Crippen LogP contribution in [-0.2, 0) is 4.74 Å². The van der Waals surface area contributed by atoms with Crippen molar-refractivity contribution in [2.45, 2.75) is 13.8 Å². The molecule has 0 aliphatic rings. The number of carbonyl (C=O) groups is 1. The van der Waals surface area contributed by atoms with Crippen LogP contribution in [0.5, 0.6) is 0 Å². The number of esters is 1. The molecule has 0 aromatic heterocycles. The summed E-state index contributed by atoms with van der Waals surface area (Å²) in [5.74, 6) is -0.386. The van der Waals surface area contributed by atoms with Crippen LogP contribution in [0.1, 0.15) is 22.8 Å². The summed E-state index contributed by atoms with van der Waals surface area (Å²) in [5.41, 5.74) is 9.99. The van der Waals surface area contributed by atoms with Gasteiger partial charge in [0.15, 0.2) is 0 Å². The van der Waals surface area contributed by atoms with Crippen LogP contribution in [0.25, 0.3) is 0 Å². The van der Waals surface area contributed by atoms with Gasteiger partial charge in [0, 0.05) is 12.2 Å². The Morgan fingerprint density at radius 3 is 2.57 bits per heavy atom. The van der Waals surface area contributed by atoms with Gasteiger partial charge < -0.3 is 15.4 Å². The van der Waals surface area contributed by atoms with Crippen LogP contribution in [0, 0.1) is 6.92 Å². The molecule has 0 atom stereocenters. The zero-order chi connectivity index (χ0) is 15.4. The molecular formula is C17H20N2O2. The minimum absolute atomic E-state index is 0.386. The van der Waals surface area contributed by atoms with Gasteiger partial charge in [-0.1, -0.05) is 18.2 Å². The Morgan fingerprint density at radius 2 is 1.95 bits per heavy atom. The van der Waals surface area contributed by atoms with Crippen molar-refractivity contribution in [1.82, 2.24) is 0 Å². The number of nitrogen functional groups attached to an aromatic ring is 1. The Morgan fingerprint density at radius 1 is 1.24 bits per heavy atom. The highest BCUT2D eigenvalue weighted by Gasteiger charge is 2.20. The summed E-state index contributed by atoms with van der Waals surface area (Å²) in [6.45, 7) is 4.75. The molecule has 0 spiro atoms. The number of para-hydroxylation sites is 1. The summed E-state index contributed by atoms with van der Waals surface area (Å²) < 4.78 is 4.87. The first-order chi connectivity index (χ1) is 10.1. The number of carbonyl (C=O) groups excluding carboxylic acids is 1. The first kappa shape index (κ1) is 14.9. The van der Waals surface area contributed by atoms with Crippen molar-refractivity contribution < 1.29 is 9.53 Å². The highest BCUT2D eigenvalue weighted by atomic mass is 16.5. The van der Waals surface area contributed by atoms with E-state index >= 15 is 0 Å². The SMILES string of the molecule is CCN(c1cccc(C)c1)c1c(N)cccc1C(=O)OC. The highest BCUT2D eigenvalue weighted by Crippen LogP contribution is 2.34. The van der Waals surface area contributed by atoms with Crippen LogP contribution >= 0.6 is 0 Å². The smallest absolute Gasteiger partial charge is 0.340 e. The first-order valence-electron chi connectivity index (χ1n) is 6.89. The van der Waals surface area contributed by atoms with Crippen LogP contribution in [0.15, 0.2) is 42.5 Å². The molecule has 110 valence electrons. The van der Waals surface area contributed by atoms with Gasteiger partial charge in [-0.3, -0.25) is 0 Å². The molecule has 4 nitrogen and oxygen atoms in total. The van der Waals surface area contributed by atoms with E-state index in [-0.39, 0.29) is 5.97 Å². The quantitative estimate of drug-likeness (QED) is 0.689. The molecule has 4 heteroatoms. The second-order valence-corrected chi connectivity index (χ2v) is 4.82. The average Bonchev–Trinajstić information content (AvgIpc) is 2.49. The normalized spacial score (nSPS) is 10.2. The lowest BCUT2D eigenvalue weighted by molar-refractivity contribution is 0.0601. The summed E-state index contributed by atoms with van der Waals surface area (Å²) in [5, 5.41) is 0. The van der Waals surface area contributed by atoms with E-state index in [1.807, 2.05) is 36.9 Å². The van der Waals surface area contributed by atoms with Crippen molar-refractivity contribution in [1.29, 1.82) is 0 Å². The van der Waals surface area contributed by atoms with E-state index in [0.717, 1.165) is 11.3 Å². The second-order valence-electron chi connectivity index (χ2n) is 4.82. The minimum Gasteiger partial charge on any atom is -0.465 e. The summed E-state index contributed by atoms with van der Waals surface area (Å²) in [6.07, 6.45) is 0. The molecule has 2 aromatic carbocycles. The van der Waals surface area contributed by atoms with Crippen molar-refractivity contribution in [2.75, 3.05) is 24.3 Å². The van der Waals surface area contributed by atoms with E-state index in [1.165, 1.54) is 7.11 Å². The van der Waals surface area contributed by atoms with E-state index in [2.05, 4.69) is 6.07 Å². The van der Waals surface area contributed by atoms with Crippen LogP contribution in [0.3, 0.4) is 0 Å². The van der Waals surface area contributed by atoms with Crippen LogP contribution in [-0.4, -0.2) is 19.6 Å². The molecule has 2 aromatic rings. The molecule has 0 unspecified atom stereocenters. The first-order valence-corrected chi connectivity index (χ1v) is 6.89. The van der Waals surface area contributed by atoms with E-state index in [4.69, 9.17) is 10.5 Å². The van der Waals surface area contributed by atoms with Crippen LogP contribution in [0.2, 0.25) is 0 Å². The predicted octanol–water partition coefficient (Wildman–Crippen LogP) is 3.52. The number of aryl methyl sites for hydroxylation is 1. The molecule has 0 bridgehead atoms. The van der Waals surface area contributed by atoms with Crippen LogP contribution in [0.4, 0.5) is 17.1 Å². The Labute approximate surface area is 125 Å². The molecule has 0 amide bonds. The van der Waals surface area contributed by atoms with Crippen LogP contribution < -0.4 is 10.6 Å². The van der Waals surface area contributed by atoms with Crippen molar-refractivity contribution >= 4 is 23.0 Å². The Balaban J connectivity index is 2.59. The third-order valence-electron chi connectivity index (χ3n) is 3.37. The summed E-state index contributed by atoms with van der Waals surface area (Å²) >= 11 is 0. The van der Waals surface area contributed by atoms with E-state index in [1.54, 1.807) is 18.2 Å². The molecule has 0 fully saturated rings. The maximum absolute atomic E-state index is 12.0. The molecule has 0 saturated carbocycles. The van der Waals surface area contributed by atoms with Gasteiger partial charge in [0.05, 0.1) is 24.0 Å². The number of rotatable bonds is 4. The minimum atomic E-state index is -0.386. The summed E-state index contributed by atoms with van der Waals surface area (Å²) in [4.78, 5) is 14.0. The third-order valence-corrected chi connectivity index (χ3v) is 3.37. The lowest BCUT2D eigenvalue weighted by Crippen LogP contribution is -2.21. The molecule has 0 heterocycles. The number of benzene rings is 2. The van der Waals surface area contributed by atoms with Gasteiger partial charge in [-0.05, 0) is 43.7 Å². The molecule has 0 saturated heterocycles. The Hall–Kier alpha value is -2.49. The van der Waals surface area contributed by atoms with Gasteiger partial charge in [-0.2, -0.15) is 0 Å². The molecule has 21 heavy (non-hydrogen) atoms. The largest absolute Gasteiger partial charge is 0.465 e. The van der Waals surface area contributed by atoms with Gasteiger partial charge in [0.2, 0.25) is 0 Å². The molecule has 0 aliphatic carbocycles.